The Bertz CT molecular complexity index is 1230. The van der Waals surface area contributed by atoms with Gasteiger partial charge in [0.25, 0.3) is 0 Å². The van der Waals surface area contributed by atoms with Gasteiger partial charge in [-0.2, -0.15) is 4.72 Å². The van der Waals surface area contributed by atoms with Crippen LogP contribution in [0.25, 0.3) is 0 Å². The highest BCUT2D eigenvalue weighted by Crippen LogP contribution is 2.23. The van der Waals surface area contributed by atoms with E-state index in [1.54, 1.807) is 31.2 Å². The summed E-state index contributed by atoms with van der Waals surface area (Å²) < 4.78 is 34.4. The van der Waals surface area contributed by atoms with Crippen LogP contribution in [0.5, 0.6) is 5.75 Å². The average molecular weight is 487 g/mol. The van der Waals surface area contributed by atoms with Crippen LogP contribution in [0.15, 0.2) is 71.6 Å². The lowest BCUT2D eigenvalue weighted by molar-refractivity contribution is -0.117. The van der Waals surface area contributed by atoms with Crippen molar-refractivity contribution in [3.8, 4) is 5.75 Å². The summed E-state index contributed by atoms with van der Waals surface area (Å²) in [6.45, 7) is 5.94. The molecule has 0 heterocycles. The van der Waals surface area contributed by atoms with Crippen molar-refractivity contribution < 1.29 is 17.9 Å². The number of sulfonamides is 1. The molecule has 0 radical (unpaired) electrons. The number of carbonyl (C=O) groups is 1. The number of anilines is 1. The van der Waals surface area contributed by atoms with Gasteiger partial charge in [0.05, 0.1) is 11.5 Å². The SMILES string of the molecule is CCOc1ccc(S(=O)(=O)N[C@@H](Cc2ccccc2)C(=O)Nc2ccc(Cl)cc2C)cc1C. The van der Waals surface area contributed by atoms with E-state index in [0.29, 0.717) is 28.6 Å². The van der Waals surface area contributed by atoms with E-state index in [2.05, 4.69) is 10.0 Å². The van der Waals surface area contributed by atoms with Gasteiger partial charge in [0, 0.05) is 10.7 Å². The number of halogens is 1. The van der Waals surface area contributed by atoms with Gasteiger partial charge >= 0.3 is 0 Å². The second-order valence-electron chi connectivity index (χ2n) is 7.67. The minimum atomic E-state index is -3.98. The van der Waals surface area contributed by atoms with Crippen LogP contribution < -0.4 is 14.8 Å². The summed E-state index contributed by atoms with van der Waals surface area (Å²) in [6.07, 6.45) is 0.189. The molecule has 0 aliphatic heterocycles. The molecule has 0 saturated heterocycles. The van der Waals surface area contributed by atoms with Gasteiger partial charge in [0.2, 0.25) is 15.9 Å². The van der Waals surface area contributed by atoms with E-state index in [4.69, 9.17) is 16.3 Å². The summed E-state index contributed by atoms with van der Waals surface area (Å²) in [5, 5.41) is 3.38. The van der Waals surface area contributed by atoms with Crippen molar-refractivity contribution in [1.29, 1.82) is 0 Å². The molecule has 0 unspecified atom stereocenters. The van der Waals surface area contributed by atoms with Crippen LogP contribution in [0, 0.1) is 13.8 Å². The fourth-order valence-corrected chi connectivity index (χ4v) is 4.89. The Kier molecular flexibility index (Phi) is 8.13. The van der Waals surface area contributed by atoms with E-state index < -0.39 is 22.0 Å². The minimum Gasteiger partial charge on any atom is -0.494 e. The van der Waals surface area contributed by atoms with Crippen molar-refractivity contribution in [3.63, 3.8) is 0 Å². The number of hydrogen-bond acceptors (Lipinski definition) is 4. The Morgan fingerprint density at radius 1 is 1.00 bits per heavy atom. The molecule has 6 nitrogen and oxygen atoms in total. The number of amides is 1. The van der Waals surface area contributed by atoms with Crippen molar-refractivity contribution >= 4 is 33.2 Å². The zero-order valence-electron chi connectivity index (χ0n) is 18.8. The van der Waals surface area contributed by atoms with Crippen LogP contribution in [0.4, 0.5) is 5.69 Å². The largest absolute Gasteiger partial charge is 0.494 e. The fraction of sp³-hybridized carbons (Fsp3) is 0.240. The van der Waals surface area contributed by atoms with Gasteiger partial charge in [-0.05, 0) is 80.3 Å². The molecule has 1 atom stereocenters. The Morgan fingerprint density at radius 3 is 2.36 bits per heavy atom. The number of rotatable bonds is 9. The van der Waals surface area contributed by atoms with Crippen LogP contribution in [-0.4, -0.2) is 27.0 Å². The summed E-state index contributed by atoms with van der Waals surface area (Å²) in [7, 11) is -3.98. The van der Waals surface area contributed by atoms with Gasteiger partial charge in [-0.25, -0.2) is 8.42 Å². The number of benzene rings is 3. The first-order chi connectivity index (χ1) is 15.7. The van der Waals surface area contributed by atoms with Crippen LogP contribution in [0.2, 0.25) is 5.02 Å². The molecule has 0 saturated carbocycles. The molecule has 3 rings (SSSR count). The van der Waals surface area contributed by atoms with Crippen LogP contribution in [0.3, 0.4) is 0 Å². The van der Waals surface area contributed by atoms with Crippen molar-refractivity contribution in [2.75, 3.05) is 11.9 Å². The number of ether oxygens (including phenoxy) is 1. The molecule has 2 N–H and O–H groups in total. The first kappa shape index (κ1) is 24.8. The first-order valence-corrected chi connectivity index (χ1v) is 12.4. The predicted molar refractivity (Wildman–Crippen MR) is 131 cm³/mol. The second kappa shape index (κ2) is 10.8. The molecule has 3 aromatic carbocycles. The highest BCUT2D eigenvalue weighted by molar-refractivity contribution is 7.89. The summed E-state index contributed by atoms with van der Waals surface area (Å²) in [5.74, 6) is 0.156. The molecule has 0 aliphatic carbocycles. The third kappa shape index (κ3) is 6.57. The predicted octanol–water partition coefficient (Wildman–Crippen LogP) is 4.88. The van der Waals surface area contributed by atoms with E-state index >= 15 is 0 Å². The lowest BCUT2D eigenvalue weighted by Gasteiger charge is -2.20. The standard InChI is InChI=1S/C25H27ClN2O4S/c1-4-32-24-13-11-21(15-18(24)3)33(30,31)28-23(16-19-8-6-5-7-9-19)25(29)27-22-12-10-20(26)14-17(22)2/h5-15,23,28H,4,16H2,1-3H3,(H,27,29)/t23-/m0/s1. The quantitative estimate of drug-likeness (QED) is 0.451. The minimum absolute atomic E-state index is 0.0667. The lowest BCUT2D eigenvalue weighted by Crippen LogP contribution is -2.45. The molecule has 174 valence electrons. The average Bonchev–Trinajstić information content (AvgIpc) is 2.77. The second-order valence-corrected chi connectivity index (χ2v) is 9.82. The van der Waals surface area contributed by atoms with E-state index in [-0.39, 0.29) is 11.3 Å². The molecule has 33 heavy (non-hydrogen) atoms. The van der Waals surface area contributed by atoms with Crippen molar-refractivity contribution in [2.24, 2.45) is 0 Å². The molecule has 0 aromatic heterocycles. The number of aryl methyl sites for hydroxylation is 2. The van der Waals surface area contributed by atoms with E-state index in [9.17, 15) is 13.2 Å². The van der Waals surface area contributed by atoms with Crippen molar-refractivity contribution in [1.82, 2.24) is 4.72 Å². The summed E-state index contributed by atoms with van der Waals surface area (Å²) in [4.78, 5) is 13.2. The van der Waals surface area contributed by atoms with Gasteiger partial charge in [0.1, 0.15) is 11.8 Å². The number of carbonyl (C=O) groups excluding carboxylic acids is 1. The molecular formula is C25H27ClN2O4S. The van der Waals surface area contributed by atoms with Crippen LogP contribution in [0.1, 0.15) is 23.6 Å². The molecule has 0 bridgehead atoms. The summed E-state index contributed by atoms with van der Waals surface area (Å²) in [5.41, 5.74) is 2.87. The molecule has 8 heteroatoms. The van der Waals surface area contributed by atoms with E-state index in [1.807, 2.05) is 44.2 Å². The van der Waals surface area contributed by atoms with Gasteiger partial charge < -0.3 is 10.1 Å². The van der Waals surface area contributed by atoms with Crippen LogP contribution in [-0.2, 0) is 21.2 Å². The molecule has 0 fully saturated rings. The molecule has 0 aliphatic rings. The van der Waals surface area contributed by atoms with Gasteiger partial charge in [0.15, 0.2) is 0 Å². The van der Waals surface area contributed by atoms with Gasteiger partial charge in [-0.15, -0.1) is 0 Å². The van der Waals surface area contributed by atoms with Crippen molar-refractivity contribution in [2.45, 2.75) is 38.1 Å². The molecule has 0 spiro atoms. The highest BCUT2D eigenvalue weighted by atomic mass is 35.5. The smallest absolute Gasteiger partial charge is 0.242 e. The molecule has 1 amide bonds. The maximum atomic E-state index is 13.2. The normalized spacial score (nSPS) is 12.2. The topological polar surface area (TPSA) is 84.5 Å². The van der Waals surface area contributed by atoms with Gasteiger partial charge in [-0.1, -0.05) is 41.9 Å². The fourth-order valence-electron chi connectivity index (χ4n) is 3.39. The van der Waals surface area contributed by atoms with Crippen molar-refractivity contribution in [3.05, 3.63) is 88.4 Å². The van der Waals surface area contributed by atoms with E-state index in [0.717, 1.165) is 11.1 Å². The number of hydrogen-bond donors (Lipinski definition) is 2. The maximum absolute atomic E-state index is 13.2. The number of nitrogens with one attached hydrogen (secondary N) is 2. The monoisotopic (exact) mass is 486 g/mol. The Hall–Kier alpha value is -2.87. The zero-order chi connectivity index (χ0) is 24.0. The summed E-state index contributed by atoms with van der Waals surface area (Å²) >= 11 is 6.01. The Balaban J connectivity index is 1.88. The highest BCUT2D eigenvalue weighted by Gasteiger charge is 2.27. The summed E-state index contributed by atoms with van der Waals surface area (Å²) in [6, 6.07) is 18.0. The van der Waals surface area contributed by atoms with E-state index in [1.165, 1.54) is 12.1 Å². The molecule has 3 aromatic rings. The Morgan fingerprint density at radius 2 is 1.73 bits per heavy atom. The molecular weight excluding hydrogens is 460 g/mol. The Labute approximate surface area is 200 Å². The third-order valence-corrected chi connectivity index (χ3v) is 6.80. The zero-order valence-corrected chi connectivity index (χ0v) is 20.3. The third-order valence-electron chi connectivity index (χ3n) is 5.10. The van der Waals surface area contributed by atoms with Crippen LogP contribution >= 0.6 is 11.6 Å². The van der Waals surface area contributed by atoms with Gasteiger partial charge in [-0.3, -0.25) is 4.79 Å². The maximum Gasteiger partial charge on any atom is 0.242 e. The first-order valence-electron chi connectivity index (χ1n) is 10.6. The lowest BCUT2D eigenvalue weighted by atomic mass is 10.1.